The molecule has 1 unspecified atom stereocenters. The number of thioether (sulfide) groups is 1. The fourth-order valence-corrected chi connectivity index (χ4v) is 5.85. The van der Waals surface area contributed by atoms with Gasteiger partial charge in [-0.3, -0.25) is 4.79 Å². The Balaban J connectivity index is 2.06. The minimum Gasteiger partial charge on any atom is -0.380 e. The van der Waals surface area contributed by atoms with E-state index in [9.17, 15) is 4.79 Å². The van der Waals surface area contributed by atoms with Crippen LogP contribution in [0.3, 0.4) is 0 Å². The van der Waals surface area contributed by atoms with E-state index in [1.807, 2.05) is 0 Å². The third-order valence-corrected chi connectivity index (χ3v) is 8.41. The van der Waals surface area contributed by atoms with Crippen molar-refractivity contribution >= 4 is 16.9 Å². The van der Waals surface area contributed by atoms with E-state index in [2.05, 4.69) is 13.8 Å². The van der Waals surface area contributed by atoms with Gasteiger partial charge < -0.3 is 14.2 Å². The highest BCUT2D eigenvalue weighted by Gasteiger charge is 2.20. The quantitative estimate of drug-likeness (QED) is 0.0966. The van der Waals surface area contributed by atoms with Gasteiger partial charge in [-0.15, -0.1) is 0 Å². The van der Waals surface area contributed by atoms with Gasteiger partial charge in [0.1, 0.15) is 0 Å². The van der Waals surface area contributed by atoms with Gasteiger partial charge in [-0.2, -0.15) is 0 Å². The van der Waals surface area contributed by atoms with Gasteiger partial charge >= 0.3 is 0 Å². The van der Waals surface area contributed by atoms with Crippen molar-refractivity contribution in [2.75, 3.05) is 26.4 Å². The van der Waals surface area contributed by atoms with E-state index in [4.69, 9.17) is 14.2 Å². The van der Waals surface area contributed by atoms with Crippen LogP contribution in [0.2, 0.25) is 0 Å². The monoisotopic (exact) mass is 542 g/mol. The maximum atomic E-state index is 12.5. The van der Waals surface area contributed by atoms with Crippen LogP contribution in [-0.4, -0.2) is 43.1 Å². The molecule has 1 fully saturated rings. The topological polar surface area (TPSA) is 44.8 Å². The molecule has 0 amide bonds. The molecule has 0 aromatic carbocycles. The molecule has 0 spiro atoms. The standard InChI is InChI=1S/C32H62O4S/c1-3-5-7-9-10-11-12-13-14-15-16-17-19-22-26-34-28-30(29-36-32-25-21-23-27-35-32)37-31(33)24-20-18-8-6-4-2/h30,32H,3-29H2,1-2H3/t30-,32?/m1/s1. The number of rotatable bonds is 27. The van der Waals surface area contributed by atoms with E-state index >= 15 is 0 Å². The first-order valence-corrected chi connectivity index (χ1v) is 17.1. The third-order valence-electron chi connectivity index (χ3n) is 7.33. The van der Waals surface area contributed by atoms with Gasteiger partial charge in [0.15, 0.2) is 11.4 Å². The van der Waals surface area contributed by atoms with Gasteiger partial charge in [-0.1, -0.05) is 135 Å². The molecular formula is C32H62O4S. The second-order valence-corrected chi connectivity index (χ2v) is 12.4. The molecule has 37 heavy (non-hydrogen) atoms. The fraction of sp³-hybridized carbons (Fsp3) is 0.969. The highest BCUT2D eigenvalue weighted by Crippen LogP contribution is 2.21. The van der Waals surface area contributed by atoms with Crippen molar-refractivity contribution in [3.05, 3.63) is 0 Å². The molecule has 4 nitrogen and oxygen atoms in total. The van der Waals surface area contributed by atoms with E-state index in [0.717, 1.165) is 51.7 Å². The molecule has 0 saturated carbocycles. The molecule has 0 N–H and O–H groups in total. The second kappa shape index (κ2) is 27.5. The lowest BCUT2D eigenvalue weighted by Gasteiger charge is -2.25. The average molecular weight is 543 g/mol. The second-order valence-electron chi connectivity index (χ2n) is 11.1. The smallest absolute Gasteiger partial charge is 0.189 e. The summed E-state index contributed by atoms with van der Waals surface area (Å²) in [5, 5.41) is 0.357. The Morgan fingerprint density at radius 1 is 0.730 bits per heavy atom. The minimum absolute atomic E-state index is 0.0697. The molecule has 0 aliphatic carbocycles. The Kier molecular flexibility index (Phi) is 25.9. The fourth-order valence-electron chi connectivity index (χ4n) is 4.90. The highest BCUT2D eigenvalue weighted by molar-refractivity contribution is 8.14. The van der Waals surface area contributed by atoms with Gasteiger partial charge in [0, 0.05) is 19.6 Å². The minimum atomic E-state index is -0.105. The molecule has 1 heterocycles. The number of hydrogen-bond donors (Lipinski definition) is 0. The molecule has 1 aliphatic heterocycles. The summed E-state index contributed by atoms with van der Waals surface area (Å²) in [4.78, 5) is 12.5. The van der Waals surface area contributed by atoms with Crippen LogP contribution in [0.15, 0.2) is 0 Å². The Bertz CT molecular complexity index is 481. The zero-order valence-corrected chi connectivity index (χ0v) is 25.6. The lowest BCUT2D eigenvalue weighted by Crippen LogP contribution is -2.28. The van der Waals surface area contributed by atoms with Crippen molar-refractivity contribution in [3.63, 3.8) is 0 Å². The van der Waals surface area contributed by atoms with Crippen LogP contribution in [0.4, 0.5) is 0 Å². The van der Waals surface area contributed by atoms with E-state index in [1.54, 1.807) is 0 Å². The van der Waals surface area contributed by atoms with Gasteiger partial charge in [-0.05, 0) is 32.1 Å². The molecule has 0 bridgehead atoms. The first kappa shape index (κ1) is 34.9. The van der Waals surface area contributed by atoms with Crippen LogP contribution in [-0.2, 0) is 19.0 Å². The van der Waals surface area contributed by atoms with E-state index in [-0.39, 0.29) is 16.7 Å². The Morgan fingerprint density at radius 2 is 1.27 bits per heavy atom. The maximum Gasteiger partial charge on any atom is 0.189 e. The van der Waals surface area contributed by atoms with Crippen molar-refractivity contribution in [1.29, 1.82) is 0 Å². The normalized spacial score (nSPS) is 16.8. The number of carbonyl (C=O) groups is 1. The first-order chi connectivity index (χ1) is 18.3. The van der Waals surface area contributed by atoms with Crippen LogP contribution in [0.1, 0.15) is 162 Å². The van der Waals surface area contributed by atoms with Crippen molar-refractivity contribution in [2.24, 2.45) is 0 Å². The van der Waals surface area contributed by atoms with Crippen molar-refractivity contribution in [3.8, 4) is 0 Å². The van der Waals surface area contributed by atoms with Gasteiger partial charge in [0.2, 0.25) is 0 Å². The predicted molar refractivity (Wildman–Crippen MR) is 160 cm³/mol. The maximum absolute atomic E-state index is 12.5. The van der Waals surface area contributed by atoms with Crippen molar-refractivity contribution < 1.29 is 19.0 Å². The predicted octanol–water partition coefficient (Wildman–Crippen LogP) is 10.0. The zero-order chi connectivity index (χ0) is 26.7. The van der Waals surface area contributed by atoms with Crippen molar-refractivity contribution in [1.82, 2.24) is 0 Å². The lowest BCUT2D eigenvalue weighted by molar-refractivity contribution is -0.163. The average Bonchev–Trinajstić information content (AvgIpc) is 2.91. The van der Waals surface area contributed by atoms with Gasteiger partial charge in [0.05, 0.1) is 18.5 Å². The molecule has 1 aliphatic rings. The number of hydrogen-bond acceptors (Lipinski definition) is 5. The highest BCUT2D eigenvalue weighted by atomic mass is 32.2. The van der Waals surface area contributed by atoms with Crippen LogP contribution in [0, 0.1) is 0 Å². The Morgan fingerprint density at radius 3 is 1.81 bits per heavy atom. The summed E-state index contributed by atoms with van der Waals surface area (Å²) >= 11 is 1.44. The molecule has 0 radical (unpaired) electrons. The number of unbranched alkanes of at least 4 members (excludes halogenated alkanes) is 17. The summed E-state index contributed by atoms with van der Waals surface area (Å²) < 4.78 is 17.7. The molecular weight excluding hydrogens is 480 g/mol. The van der Waals surface area contributed by atoms with Crippen LogP contribution >= 0.6 is 11.8 Å². The molecule has 1 saturated heterocycles. The summed E-state index contributed by atoms with van der Waals surface area (Å²) in [5.41, 5.74) is 0. The first-order valence-electron chi connectivity index (χ1n) is 16.3. The van der Waals surface area contributed by atoms with Crippen molar-refractivity contribution in [2.45, 2.75) is 173 Å². The Labute approximate surface area is 235 Å². The van der Waals surface area contributed by atoms with Crippen LogP contribution in [0.5, 0.6) is 0 Å². The molecule has 5 heteroatoms. The van der Waals surface area contributed by atoms with E-state index < -0.39 is 0 Å². The van der Waals surface area contributed by atoms with Crippen LogP contribution < -0.4 is 0 Å². The lowest BCUT2D eigenvalue weighted by atomic mass is 10.0. The summed E-state index contributed by atoms with van der Waals surface area (Å²) in [6.07, 6.45) is 28.9. The molecule has 0 aromatic rings. The zero-order valence-electron chi connectivity index (χ0n) is 24.8. The number of carbonyl (C=O) groups excluding carboxylic acids is 1. The summed E-state index contributed by atoms with van der Waals surface area (Å²) in [6, 6.07) is 0. The number of ether oxygens (including phenoxy) is 3. The summed E-state index contributed by atoms with van der Waals surface area (Å²) in [6.45, 7) is 7.22. The Hall–Kier alpha value is -0.100. The molecule has 1 rings (SSSR count). The molecule has 0 aromatic heterocycles. The molecule has 2 atom stereocenters. The SMILES string of the molecule is CCCCCCCCCCCCCCCCOC[C@H](COC1CCCCO1)SC(=O)CCCCCCC. The summed E-state index contributed by atoms with van der Waals surface area (Å²) in [5.74, 6) is 0. The van der Waals surface area contributed by atoms with Gasteiger partial charge in [-0.25, -0.2) is 0 Å². The van der Waals surface area contributed by atoms with Crippen LogP contribution in [0.25, 0.3) is 0 Å². The third kappa shape index (κ3) is 23.5. The largest absolute Gasteiger partial charge is 0.380 e. The molecule has 220 valence electrons. The van der Waals surface area contributed by atoms with E-state index in [0.29, 0.717) is 19.6 Å². The van der Waals surface area contributed by atoms with E-state index in [1.165, 1.54) is 114 Å². The summed E-state index contributed by atoms with van der Waals surface area (Å²) in [7, 11) is 0. The van der Waals surface area contributed by atoms with Gasteiger partial charge in [0.25, 0.3) is 0 Å².